The highest BCUT2D eigenvalue weighted by Crippen LogP contribution is 2.23. The van der Waals surface area contributed by atoms with E-state index < -0.39 is 15.1 Å². The predicted octanol–water partition coefficient (Wildman–Crippen LogP) is 2.44. The minimum absolute atomic E-state index is 0.147. The number of carbonyl (C=O) groups excluding carboxylic acids is 1. The Balaban J connectivity index is 2.28. The van der Waals surface area contributed by atoms with Crippen molar-refractivity contribution in [1.29, 1.82) is 0 Å². The van der Waals surface area contributed by atoms with Crippen molar-refractivity contribution < 1.29 is 13.2 Å². The van der Waals surface area contributed by atoms with E-state index in [9.17, 15) is 13.2 Å². The maximum Gasteiger partial charge on any atom is 0.180 e. The molecule has 1 aliphatic heterocycles. The third-order valence-corrected chi connectivity index (χ3v) is 5.89. The summed E-state index contributed by atoms with van der Waals surface area (Å²) in [4.78, 5) is 12.1. The van der Waals surface area contributed by atoms with Crippen LogP contribution in [0.25, 0.3) is 0 Å². The van der Waals surface area contributed by atoms with Gasteiger partial charge in [-0.3, -0.25) is 4.79 Å². The number of rotatable bonds is 2. The van der Waals surface area contributed by atoms with Crippen LogP contribution in [0.2, 0.25) is 0 Å². The van der Waals surface area contributed by atoms with Crippen LogP contribution in [0.15, 0.2) is 24.3 Å². The number of halogens is 1. The summed E-state index contributed by atoms with van der Waals surface area (Å²) in [6.07, 6.45) is 1.96. The van der Waals surface area contributed by atoms with Crippen LogP contribution in [-0.4, -0.2) is 25.2 Å². The zero-order valence-electron chi connectivity index (χ0n) is 9.23. The molecule has 0 saturated carbocycles. The van der Waals surface area contributed by atoms with E-state index >= 15 is 0 Å². The van der Waals surface area contributed by atoms with E-state index in [-0.39, 0.29) is 11.5 Å². The first-order chi connectivity index (χ1) is 8.00. The van der Waals surface area contributed by atoms with Gasteiger partial charge in [0.25, 0.3) is 0 Å². The van der Waals surface area contributed by atoms with Gasteiger partial charge in [0, 0.05) is 9.13 Å². The Kier molecular flexibility index (Phi) is 3.87. The summed E-state index contributed by atoms with van der Waals surface area (Å²) in [7, 11) is -3.23. The number of sulfone groups is 1. The molecular weight excluding hydrogens is 351 g/mol. The maximum absolute atomic E-state index is 12.1. The minimum atomic E-state index is -3.23. The lowest BCUT2D eigenvalue weighted by molar-refractivity contribution is 0.0981. The van der Waals surface area contributed by atoms with Crippen molar-refractivity contribution >= 4 is 38.2 Å². The molecule has 1 heterocycles. The SMILES string of the molecule is O=C(c1ccc(I)cc1)C1CCCCS1(=O)=O. The van der Waals surface area contributed by atoms with Gasteiger partial charge in [0.2, 0.25) is 0 Å². The van der Waals surface area contributed by atoms with E-state index in [0.717, 1.165) is 9.99 Å². The first kappa shape index (κ1) is 13.0. The lowest BCUT2D eigenvalue weighted by Crippen LogP contribution is -2.35. The van der Waals surface area contributed by atoms with E-state index in [1.165, 1.54) is 0 Å². The Morgan fingerprint density at radius 2 is 1.82 bits per heavy atom. The number of benzene rings is 1. The fourth-order valence-corrected chi connectivity index (χ4v) is 4.29. The van der Waals surface area contributed by atoms with Gasteiger partial charge in [-0.2, -0.15) is 0 Å². The van der Waals surface area contributed by atoms with Crippen molar-refractivity contribution in [3.8, 4) is 0 Å². The molecule has 1 unspecified atom stereocenters. The fourth-order valence-electron chi connectivity index (χ4n) is 2.05. The molecule has 2 rings (SSSR count). The Morgan fingerprint density at radius 3 is 2.41 bits per heavy atom. The lowest BCUT2D eigenvalue weighted by atomic mass is 10.0. The molecule has 0 bridgehead atoms. The second-order valence-electron chi connectivity index (χ2n) is 4.22. The van der Waals surface area contributed by atoms with Gasteiger partial charge >= 0.3 is 0 Å². The van der Waals surface area contributed by atoms with E-state index in [1.807, 2.05) is 12.1 Å². The summed E-state index contributed by atoms with van der Waals surface area (Å²) < 4.78 is 24.7. The molecule has 1 fully saturated rings. The molecule has 0 N–H and O–H groups in total. The molecule has 1 saturated heterocycles. The van der Waals surface area contributed by atoms with Gasteiger partial charge in [-0.05, 0) is 47.6 Å². The molecule has 1 aromatic carbocycles. The number of ketones is 1. The summed E-state index contributed by atoms with van der Waals surface area (Å²) in [5.41, 5.74) is 0.501. The van der Waals surface area contributed by atoms with Crippen molar-refractivity contribution in [3.63, 3.8) is 0 Å². The van der Waals surface area contributed by atoms with E-state index in [2.05, 4.69) is 22.6 Å². The summed E-state index contributed by atoms with van der Waals surface area (Å²) >= 11 is 2.15. The Morgan fingerprint density at radius 1 is 1.18 bits per heavy atom. The number of hydrogen-bond acceptors (Lipinski definition) is 3. The van der Waals surface area contributed by atoms with Crippen molar-refractivity contribution in [2.45, 2.75) is 24.5 Å². The van der Waals surface area contributed by atoms with Crippen LogP contribution in [0.3, 0.4) is 0 Å². The third kappa shape index (κ3) is 2.88. The molecule has 0 radical (unpaired) electrons. The largest absolute Gasteiger partial charge is 0.293 e. The lowest BCUT2D eigenvalue weighted by Gasteiger charge is -2.20. The topological polar surface area (TPSA) is 51.2 Å². The molecule has 0 spiro atoms. The first-order valence-corrected chi connectivity index (χ1v) is 8.31. The van der Waals surface area contributed by atoms with Crippen LogP contribution < -0.4 is 0 Å². The summed E-state index contributed by atoms with van der Waals surface area (Å²) in [5.74, 6) is -0.102. The van der Waals surface area contributed by atoms with Gasteiger partial charge in [-0.15, -0.1) is 0 Å². The summed E-state index contributed by atoms with van der Waals surface area (Å²) in [6, 6.07) is 7.05. The van der Waals surface area contributed by atoms with Crippen LogP contribution in [0.1, 0.15) is 29.6 Å². The van der Waals surface area contributed by atoms with Gasteiger partial charge < -0.3 is 0 Å². The molecule has 17 heavy (non-hydrogen) atoms. The molecule has 0 aliphatic carbocycles. The highest BCUT2D eigenvalue weighted by molar-refractivity contribution is 14.1. The smallest absolute Gasteiger partial charge is 0.180 e. The molecule has 1 aromatic rings. The average Bonchev–Trinajstić information content (AvgIpc) is 2.28. The number of hydrogen-bond donors (Lipinski definition) is 0. The van der Waals surface area contributed by atoms with Gasteiger partial charge in [0.1, 0.15) is 5.25 Å². The van der Waals surface area contributed by atoms with Crippen molar-refractivity contribution in [3.05, 3.63) is 33.4 Å². The minimum Gasteiger partial charge on any atom is -0.293 e. The van der Waals surface area contributed by atoms with Crippen molar-refractivity contribution in [2.75, 3.05) is 5.75 Å². The third-order valence-electron chi connectivity index (χ3n) is 3.00. The monoisotopic (exact) mass is 364 g/mol. The zero-order valence-corrected chi connectivity index (χ0v) is 12.2. The molecular formula is C12H13IO3S. The number of carbonyl (C=O) groups is 1. The van der Waals surface area contributed by atoms with Gasteiger partial charge in [0.05, 0.1) is 5.75 Å². The van der Waals surface area contributed by atoms with E-state index in [4.69, 9.17) is 0 Å². The standard InChI is InChI=1S/C12H13IO3S/c13-10-6-4-9(5-7-10)12(14)11-3-1-2-8-17(11,15)16/h4-7,11H,1-3,8H2. The Hall–Kier alpha value is -0.430. The van der Waals surface area contributed by atoms with Crippen LogP contribution in [0.4, 0.5) is 0 Å². The average molecular weight is 364 g/mol. The summed E-state index contributed by atoms with van der Waals surface area (Å²) in [5, 5.41) is -0.823. The van der Waals surface area contributed by atoms with Gasteiger partial charge in [0.15, 0.2) is 15.6 Å². The van der Waals surface area contributed by atoms with Crippen LogP contribution in [0, 0.1) is 3.57 Å². The van der Waals surface area contributed by atoms with Gasteiger partial charge in [-0.25, -0.2) is 8.42 Å². The molecule has 3 nitrogen and oxygen atoms in total. The molecule has 0 amide bonds. The molecule has 1 atom stereocenters. The van der Waals surface area contributed by atoms with Crippen molar-refractivity contribution in [1.82, 2.24) is 0 Å². The normalized spacial score (nSPS) is 23.2. The quantitative estimate of drug-likeness (QED) is 0.598. The van der Waals surface area contributed by atoms with Crippen LogP contribution in [-0.2, 0) is 9.84 Å². The van der Waals surface area contributed by atoms with Gasteiger partial charge in [-0.1, -0.05) is 18.6 Å². The Labute approximate surface area is 115 Å². The van der Waals surface area contributed by atoms with Crippen LogP contribution >= 0.6 is 22.6 Å². The van der Waals surface area contributed by atoms with E-state index in [0.29, 0.717) is 18.4 Å². The summed E-state index contributed by atoms with van der Waals surface area (Å²) in [6.45, 7) is 0. The van der Waals surface area contributed by atoms with Crippen molar-refractivity contribution in [2.24, 2.45) is 0 Å². The second kappa shape index (κ2) is 5.06. The highest BCUT2D eigenvalue weighted by Gasteiger charge is 2.35. The molecule has 1 aliphatic rings. The number of Topliss-reactive ketones (excluding diaryl/α,β-unsaturated/α-hetero) is 1. The highest BCUT2D eigenvalue weighted by atomic mass is 127. The maximum atomic E-state index is 12.1. The fraction of sp³-hybridized carbons (Fsp3) is 0.417. The molecule has 92 valence electrons. The predicted molar refractivity (Wildman–Crippen MR) is 74.9 cm³/mol. The molecule has 5 heteroatoms. The molecule has 0 aromatic heterocycles. The zero-order chi connectivity index (χ0) is 12.5. The first-order valence-electron chi connectivity index (χ1n) is 5.52. The van der Waals surface area contributed by atoms with Crippen LogP contribution in [0.5, 0.6) is 0 Å². The van der Waals surface area contributed by atoms with E-state index in [1.54, 1.807) is 12.1 Å². The Bertz CT molecular complexity index is 519. The second-order valence-corrected chi connectivity index (χ2v) is 7.77.